The van der Waals surface area contributed by atoms with Gasteiger partial charge in [0.15, 0.2) is 5.84 Å². The Kier molecular flexibility index (Phi) is 2.24. The van der Waals surface area contributed by atoms with Crippen molar-refractivity contribution < 1.29 is 15.1 Å². The van der Waals surface area contributed by atoms with Gasteiger partial charge in [-0.1, -0.05) is 5.16 Å². The standard InChI is InChI=1S/C10H9N3O3/c11-9(12-16)7-1-2-8-6(5-7)3-4-13(8)10(14)15/h1-5,16H,(H2,11,12)(H,14,15). The van der Waals surface area contributed by atoms with Gasteiger partial charge in [-0.2, -0.15) is 0 Å². The number of hydrogen-bond donors (Lipinski definition) is 3. The number of benzene rings is 1. The summed E-state index contributed by atoms with van der Waals surface area (Å²) in [4.78, 5) is 10.8. The van der Waals surface area contributed by atoms with Crippen LogP contribution in [0.5, 0.6) is 0 Å². The van der Waals surface area contributed by atoms with Gasteiger partial charge in [0.05, 0.1) is 5.52 Å². The molecule has 16 heavy (non-hydrogen) atoms. The van der Waals surface area contributed by atoms with Crippen LogP contribution < -0.4 is 5.73 Å². The molecule has 0 aliphatic heterocycles. The van der Waals surface area contributed by atoms with Crippen LogP contribution in [0.4, 0.5) is 4.79 Å². The number of aromatic nitrogens is 1. The summed E-state index contributed by atoms with van der Waals surface area (Å²) in [6.45, 7) is 0. The van der Waals surface area contributed by atoms with Gasteiger partial charge < -0.3 is 16.0 Å². The lowest BCUT2D eigenvalue weighted by molar-refractivity contribution is 0.197. The predicted octanol–water partition coefficient (Wildman–Crippen LogP) is 1.26. The molecule has 1 heterocycles. The maximum atomic E-state index is 10.8. The van der Waals surface area contributed by atoms with Crippen molar-refractivity contribution in [1.29, 1.82) is 0 Å². The molecular formula is C10H9N3O3. The minimum absolute atomic E-state index is 0.00928. The Hall–Kier alpha value is -2.50. The van der Waals surface area contributed by atoms with Gasteiger partial charge in [-0.05, 0) is 24.3 Å². The third-order valence-corrected chi connectivity index (χ3v) is 2.30. The summed E-state index contributed by atoms with van der Waals surface area (Å²) >= 11 is 0. The summed E-state index contributed by atoms with van der Waals surface area (Å²) in [7, 11) is 0. The SMILES string of the molecule is N/C(=N/O)c1ccc2c(ccn2C(=O)O)c1. The lowest BCUT2D eigenvalue weighted by Gasteiger charge is -2.00. The Labute approximate surface area is 90.2 Å². The van der Waals surface area contributed by atoms with Gasteiger partial charge in [-0.15, -0.1) is 0 Å². The zero-order valence-corrected chi connectivity index (χ0v) is 8.16. The molecule has 1 aromatic heterocycles. The topological polar surface area (TPSA) is 101 Å². The molecule has 2 rings (SSSR count). The lowest BCUT2D eigenvalue weighted by atomic mass is 10.1. The molecule has 0 bridgehead atoms. The van der Waals surface area contributed by atoms with Gasteiger partial charge in [0, 0.05) is 17.1 Å². The van der Waals surface area contributed by atoms with E-state index in [0.29, 0.717) is 16.5 Å². The number of nitrogens with zero attached hydrogens (tertiary/aromatic N) is 2. The number of fused-ring (bicyclic) bond motifs is 1. The minimum atomic E-state index is -1.05. The summed E-state index contributed by atoms with van der Waals surface area (Å²) in [5.41, 5.74) is 6.53. The zero-order valence-electron chi connectivity index (χ0n) is 8.16. The Morgan fingerprint density at radius 3 is 2.75 bits per heavy atom. The summed E-state index contributed by atoms with van der Waals surface area (Å²) in [5, 5.41) is 21.0. The highest BCUT2D eigenvalue weighted by molar-refractivity contribution is 6.01. The molecule has 0 saturated heterocycles. The average Bonchev–Trinajstić information content (AvgIpc) is 2.70. The van der Waals surface area contributed by atoms with Crippen LogP contribution in [0.1, 0.15) is 5.56 Å². The Morgan fingerprint density at radius 2 is 2.12 bits per heavy atom. The summed E-state index contributed by atoms with van der Waals surface area (Å²) in [6.07, 6.45) is 0.398. The smallest absolute Gasteiger partial charge is 0.415 e. The van der Waals surface area contributed by atoms with E-state index in [4.69, 9.17) is 16.0 Å². The first-order valence-corrected chi connectivity index (χ1v) is 4.46. The van der Waals surface area contributed by atoms with Crippen molar-refractivity contribution in [2.45, 2.75) is 0 Å². The number of carboxylic acid groups (broad SMARTS) is 1. The molecular weight excluding hydrogens is 210 g/mol. The van der Waals surface area contributed by atoms with Crippen molar-refractivity contribution in [1.82, 2.24) is 4.57 Å². The maximum absolute atomic E-state index is 10.8. The third-order valence-electron chi connectivity index (χ3n) is 2.30. The van der Waals surface area contributed by atoms with E-state index < -0.39 is 6.09 Å². The van der Waals surface area contributed by atoms with E-state index in [1.165, 1.54) is 6.20 Å². The zero-order chi connectivity index (χ0) is 11.7. The van der Waals surface area contributed by atoms with E-state index in [0.717, 1.165) is 4.57 Å². The highest BCUT2D eigenvalue weighted by atomic mass is 16.4. The fraction of sp³-hybridized carbons (Fsp3) is 0. The molecule has 0 aliphatic rings. The first-order chi connectivity index (χ1) is 7.63. The van der Waals surface area contributed by atoms with E-state index in [9.17, 15) is 4.79 Å². The van der Waals surface area contributed by atoms with Gasteiger partial charge in [0.1, 0.15) is 0 Å². The summed E-state index contributed by atoms with van der Waals surface area (Å²) in [5.74, 6) is -0.00928. The van der Waals surface area contributed by atoms with E-state index in [-0.39, 0.29) is 5.84 Å². The Bertz CT molecular complexity index is 586. The van der Waals surface area contributed by atoms with E-state index in [1.807, 2.05) is 0 Å². The van der Waals surface area contributed by atoms with Crippen molar-refractivity contribution in [3.8, 4) is 0 Å². The molecule has 0 spiro atoms. The van der Waals surface area contributed by atoms with Gasteiger partial charge in [-0.25, -0.2) is 4.79 Å². The molecule has 0 fully saturated rings. The number of nitrogens with two attached hydrogens (primary N) is 1. The first kappa shape index (κ1) is 10.0. The predicted molar refractivity (Wildman–Crippen MR) is 57.9 cm³/mol. The van der Waals surface area contributed by atoms with Crippen molar-refractivity contribution in [2.75, 3.05) is 0 Å². The van der Waals surface area contributed by atoms with E-state index in [2.05, 4.69) is 5.16 Å². The number of hydrogen-bond acceptors (Lipinski definition) is 3. The fourth-order valence-electron chi connectivity index (χ4n) is 1.53. The van der Waals surface area contributed by atoms with Crippen LogP contribution in [0.2, 0.25) is 0 Å². The molecule has 0 atom stereocenters. The summed E-state index contributed by atoms with van der Waals surface area (Å²) < 4.78 is 1.10. The quantitative estimate of drug-likeness (QED) is 0.291. The second kappa shape index (κ2) is 3.58. The van der Waals surface area contributed by atoms with E-state index >= 15 is 0 Å². The van der Waals surface area contributed by atoms with Crippen LogP contribution in [-0.2, 0) is 0 Å². The molecule has 1 aromatic carbocycles. The molecule has 0 aliphatic carbocycles. The Balaban J connectivity index is 2.62. The number of carbonyl (C=O) groups is 1. The van der Waals surface area contributed by atoms with Crippen LogP contribution in [0.25, 0.3) is 10.9 Å². The molecule has 82 valence electrons. The lowest BCUT2D eigenvalue weighted by Crippen LogP contribution is -2.13. The highest BCUT2D eigenvalue weighted by Crippen LogP contribution is 2.17. The summed E-state index contributed by atoms with van der Waals surface area (Å²) in [6, 6.07) is 6.51. The van der Waals surface area contributed by atoms with Crippen LogP contribution >= 0.6 is 0 Å². The Morgan fingerprint density at radius 1 is 1.38 bits per heavy atom. The molecule has 0 unspecified atom stereocenters. The van der Waals surface area contributed by atoms with Crippen LogP contribution in [-0.4, -0.2) is 26.8 Å². The molecule has 0 amide bonds. The number of amidine groups is 1. The van der Waals surface area contributed by atoms with Crippen LogP contribution in [0.15, 0.2) is 35.6 Å². The molecule has 2 aromatic rings. The minimum Gasteiger partial charge on any atom is -0.464 e. The number of oxime groups is 1. The van der Waals surface area contributed by atoms with Crippen molar-refractivity contribution in [2.24, 2.45) is 10.9 Å². The van der Waals surface area contributed by atoms with Gasteiger partial charge in [0.2, 0.25) is 0 Å². The van der Waals surface area contributed by atoms with Gasteiger partial charge in [-0.3, -0.25) is 4.57 Å². The van der Waals surface area contributed by atoms with Crippen LogP contribution in [0.3, 0.4) is 0 Å². The van der Waals surface area contributed by atoms with Crippen molar-refractivity contribution in [3.63, 3.8) is 0 Å². The average molecular weight is 219 g/mol. The molecule has 4 N–H and O–H groups in total. The van der Waals surface area contributed by atoms with Crippen molar-refractivity contribution >= 4 is 22.8 Å². The van der Waals surface area contributed by atoms with Gasteiger partial charge >= 0.3 is 6.09 Å². The monoisotopic (exact) mass is 219 g/mol. The maximum Gasteiger partial charge on any atom is 0.415 e. The largest absolute Gasteiger partial charge is 0.464 e. The van der Waals surface area contributed by atoms with Crippen LogP contribution in [0, 0.1) is 0 Å². The molecule has 0 saturated carbocycles. The third kappa shape index (κ3) is 1.46. The molecule has 6 heteroatoms. The molecule has 0 radical (unpaired) electrons. The molecule has 6 nitrogen and oxygen atoms in total. The normalized spacial score (nSPS) is 11.9. The van der Waals surface area contributed by atoms with Crippen molar-refractivity contribution in [3.05, 3.63) is 36.0 Å². The highest BCUT2D eigenvalue weighted by Gasteiger charge is 2.08. The fourth-order valence-corrected chi connectivity index (χ4v) is 1.53. The number of rotatable bonds is 1. The second-order valence-corrected chi connectivity index (χ2v) is 3.23. The first-order valence-electron chi connectivity index (χ1n) is 4.46. The van der Waals surface area contributed by atoms with Gasteiger partial charge in [0.25, 0.3) is 0 Å². The van der Waals surface area contributed by atoms with E-state index in [1.54, 1.807) is 24.3 Å². The second-order valence-electron chi connectivity index (χ2n) is 3.23.